The molecule has 420 valence electrons. The Morgan fingerprint density at radius 1 is 0.542 bits per heavy atom. The van der Waals surface area contributed by atoms with Crippen LogP contribution < -0.4 is 5.32 Å². The van der Waals surface area contributed by atoms with Gasteiger partial charge in [-0.25, -0.2) is 0 Å². The molecule has 1 rings (SSSR count). The lowest BCUT2D eigenvalue weighted by Crippen LogP contribution is -2.61. The summed E-state index contributed by atoms with van der Waals surface area (Å²) in [6.07, 6.45) is 48.6. The standard InChI is InChI=1S/C61H111NO10/c1-4-7-10-13-16-19-22-25-27-28-30-33-36-39-42-45-48-54(65)60(69)62-52(53(64)47-44-41-38-35-32-29-24-21-18-15-12-9-6-3)51-70-61-59(58(68)57(67)55(50-63)71-61)72-56(66)49-46-43-40-37-34-31-26-23-20-17-14-11-8-5-2/h16,19,25,27,30,33,44,47,52-55,57-59,61,63-65,67-68H,4-15,17-18,20-24,26,28-29,31-32,34-43,45-46,48-51H2,1-3H3,(H,62,69)/b19-16-,27-25-,33-30-,47-44+. The molecule has 0 aromatic rings. The number of unbranched alkanes of at least 4 members (excludes halogenated alkanes) is 30. The lowest BCUT2D eigenvalue weighted by atomic mass is 9.99. The smallest absolute Gasteiger partial charge is 0.306 e. The van der Waals surface area contributed by atoms with Crippen LogP contribution in [-0.2, 0) is 23.8 Å². The maximum atomic E-state index is 13.4. The van der Waals surface area contributed by atoms with Gasteiger partial charge in [-0.1, -0.05) is 243 Å². The van der Waals surface area contributed by atoms with Gasteiger partial charge >= 0.3 is 5.97 Å². The van der Waals surface area contributed by atoms with E-state index in [1.807, 2.05) is 6.08 Å². The number of amides is 1. The van der Waals surface area contributed by atoms with Crippen molar-refractivity contribution in [3.05, 3.63) is 48.6 Å². The minimum Gasteiger partial charge on any atom is -0.454 e. The van der Waals surface area contributed by atoms with Crippen molar-refractivity contribution in [2.24, 2.45) is 0 Å². The molecule has 0 radical (unpaired) electrons. The van der Waals surface area contributed by atoms with Gasteiger partial charge in [0.05, 0.1) is 25.4 Å². The first kappa shape index (κ1) is 67.6. The van der Waals surface area contributed by atoms with Gasteiger partial charge < -0.3 is 45.1 Å². The van der Waals surface area contributed by atoms with Gasteiger partial charge in [0.15, 0.2) is 12.4 Å². The SMILES string of the molecule is CCCCC/C=C\C/C=C\C/C=C\CCCCCC(O)C(=O)NC(COC1OC(CO)C(O)C(O)C1OC(=O)CCCCCCCCCCCCCCCC)C(O)/C=C/CCCCCCCCCCCCC. The Kier molecular flexibility index (Phi) is 46.5. The number of rotatable bonds is 50. The van der Waals surface area contributed by atoms with Gasteiger partial charge in [0.1, 0.15) is 24.4 Å². The van der Waals surface area contributed by atoms with Gasteiger partial charge in [0, 0.05) is 6.42 Å². The van der Waals surface area contributed by atoms with E-state index in [0.717, 1.165) is 77.0 Å². The molecule has 11 nitrogen and oxygen atoms in total. The predicted octanol–water partition coefficient (Wildman–Crippen LogP) is 13.7. The van der Waals surface area contributed by atoms with Crippen LogP contribution >= 0.6 is 0 Å². The molecule has 0 saturated carbocycles. The van der Waals surface area contributed by atoms with Crippen LogP contribution in [0.15, 0.2) is 48.6 Å². The van der Waals surface area contributed by atoms with Crippen molar-refractivity contribution in [3.8, 4) is 0 Å². The monoisotopic (exact) mass is 1020 g/mol. The highest BCUT2D eigenvalue weighted by Gasteiger charge is 2.47. The van der Waals surface area contributed by atoms with E-state index >= 15 is 0 Å². The summed E-state index contributed by atoms with van der Waals surface area (Å²) in [5.74, 6) is -1.21. The van der Waals surface area contributed by atoms with E-state index in [2.05, 4.69) is 62.5 Å². The number of nitrogens with one attached hydrogen (secondary N) is 1. The molecule has 0 aromatic heterocycles. The Labute approximate surface area is 440 Å². The maximum absolute atomic E-state index is 13.4. The van der Waals surface area contributed by atoms with Crippen LogP contribution in [-0.4, -0.2) is 99.6 Å². The Morgan fingerprint density at radius 2 is 0.958 bits per heavy atom. The molecule has 1 fully saturated rings. The second-order valence-corrected chi connectivity index (χ2v) is 20.7. The number of allylic oxidation sites excluding steroid dienone is 7. The molecule has 1 aliphatic heterocycles. The molecule has 1 amide bonds. The number of aliphatic hydroxyl groups excluding tert-OH is 5. The third-order valence-corrected chi connectivity index (χ3v) is 14.0. The molecule has 0 spiro atoms. The van der Waals surface area contributed by atoms with Gasteiger partial charge in [-0.05, 0) is 64.2 Å². The van der Waals surface area contributed by atoms with E-state index < -0.39 is 67.4 Å². The lowest BCUT2D eigenvalue weighted by molar-refractivity contribution is -0.305. The number of esters is 1. The van der Waals surface area contributed by atoms with Gasteiger partial charge in [-0.15, -0.1) is 0 Å². The molecule has 1 aliphatic rings. The predicted molar refractivity (Wildman–Crippen MR) is 297 cm³/mol. The van der Waals surface area contributed by atoms with E-state index in [0.29, 0.717) is 12.8 Å². The van der Waals surface area contributed by atoms with Crippen LogP contribution in [0.3, 0.4) is 0 Å². The van der Waals surface area contributed by atoms with Gasteiger partial charge in [-0.2, -0.15) is 0 Å². The third kappa shape index (κ3) is 37.4. The maximum Gasteiger partial charge on any atom is 0.306 e. The minimum atomic E-state index is -1.61. The van der Waals surface area contributed by atoms with E-state index in [1.165, 1.54) is 141 Å². The Morgan fingerprint density at radius 3 is 1.46 bits per heavy atom. The molecule has 8 atom stereocenters. The summed E-state index contributed by atoms with van der Waals surface area (Å²) in [5, 5.41) is 56.9. The number of carbonyl (C=O) groups excluding carboxylic acids is 2. The van der Waals surface area contributed by atoms with Crippen molar-refractivity contribution in [3.63, 3.8) is 0 Å². The first-order valence-electron chi connectivity index (χ1n) is 29.9. The number of hydrogen-bond acceptors (Lipinski definition) is 10. The molecule has 1 saturated heterocycles. The summed E-state index contributed by atoms with van der Waals surface area (Å²) in [7, 11) is 0. The Bertz CT molecular complexity index is 1350. The van der Waals surface area contributed by atoms with Crippen molar-refractivity contribution < 1.29 is 49.3 Å². The van der Waals surface area contributed by atoms with Crippen molar-refractivity contribution in [2.45, 2.75) is 314 Å². The summed E-state index contributed by atoms with van der Waals surface area (Å²) in [5.41, 5.74) is 0. The van der Waals surface area contributed by atoms with Crippen molar-refractivity contribution >= 4 is 11.9 Å². The summed E-state index contributed by atoms with van der Waals surface area (Å²) in [4.78, 5) is 26.5. The van der Waals surface area contributed by atoms with E-state index in [9.17, 15) is 35.1 Å². The van der Waals surface area contributed by atoms with Gasteiger partial charge in [0.2, 0.25) is 5.91 Å². The number of aliphatic hydroxyl groups is 5. The highest BCUT2D eigenvalue weighted by atomic mass is 16.7. The summed E-state index contributed by atoms with van der Waals surface area (Å²) >= 11 is 0. The van der Waals surface area contributed by atoms with Crippen LogP contribution in [0.4, 0.5) is 0 Å². The van der Waals surface area contributed by atoms with Crippen LogP contribution in [0.5, 0.6) is 0 Å². The van der Waals surface area contributed by atoms with Crippen molar-refractivity contribution in [2.75, 3.05) is 13.2 Å². The van der Waals surface area contributed by atoms with Gasteiger partial charge in [0.25, 0.3) is 0 Å². The molecule has 6 N–H and O–H groups in total. The van der Waals surface area contributed by atoms with Crippen LogP contribution in [0.1, 0.15) is 265 Å². The zero-order chi connectivity index (χ0) is 52.5. The normalized spacial score (nSPS) is 19.8. The zero-order valence-corrected chi connectivity index (χ0v) is 46.3. The molecule has 0 aliphatic carbocycles. The quantitative estimate of drug-likeness (QED) is 0.0195. The highest BCUT2D eigenvalue weighted by molar-refractivity contribution is 5.80. The highest BCUT2D eigenvalue weighted by Crippen LogP contribution is 2.26. The molecule has 8 unspecified atom stereocenters. The molecular formula is C61H111NO10. The van der Waals surface area contributed by atoms with E-state index in [4.69, 9.17) is 14.2 Å². The Hall–Kier alpha value is -2.38. The van der Waals surface area contributed by atoms with Crippen molar-refractivity contribution in [1.29, 1.82) is 0 Å². The molecule has 11 heteroatoms. The van der Waals surface area contributed by atoms with E-state index in [1.54, 1.807) is 6.08 Å². The largest absolute Gasteiger partial charge is 0.454 e. The molecule has 0 aromatic carbocycles. The topological polar surface area (TPSA) is 175 Å². The first-order valence-corrected chi connectivity index (χ1v) is 29.9. The summed E-state index contributed by atoms with van der Waals surface area (Å²) < 4.78 is 17.6. The fourth-order valence-corrected chi connectivity index (χ4v) is 9.19. The fourth-order valence-electron chi connectivity index (χ4n) is 9.19. The molecule has 0 bridgehead atoms. The van der Waals surface area contributed by atoms with Crippen LogP contribution in [0, 0.1) is 0 Å². The fraction of sp³-hybridized carbons (Fsp3) is 0.836. The molecule has 72 heavy (non-hydrogen) atoms. The van der Waals surface area contributed by atoms with Crippen molar-refractivity contribution in [1.82, 2.24) is 5.32 Å². The average Bonchev–Trinajstić information content (AvgIpc) is 3.38. The molecular weight excluding hydrogens is 907 g/mol. The minimum absolute atomic E-state index is 0.124. The van der Waals surface area contributed by atoms with E-state index in [-0.39, 0.29) is 19.4 Å². The Balaban J connectivity index is 2.74. The lowest BCUT2D eigenvalue weighted by Gasteiger charge is -2.41. The summed E-state index contributed by atoms with van der Waals surface area (Å²) in [6.45, 7) is 5.75. The molecule has 1 heterocycles. The number of hydrogen-bond donors (Lipinski definition) is 6. The number of carbonyl (C=O) groups is 2. The number of ether oxygens (including phenoxy) is 3. The third-order valence-electron chi connectivity index (χ3n) is 14.0. The summed E-state index contributed by atoms with van der Waals surface area (Å²) in [6, 6.07) is -1.03. The second-order valence-electron chi connectivity index (χ2n) is 20.7. The van der Waals surface area contributed by atoms with Gasteiger partial charge in [-0.3, -0.25) is 9.59 Å². The van der Waals surface area contributed by atoms with Crippen LogP contribution in [0.2, 0.25) is 0 Å². The second kappa shape index (κ2) is 49.5. The van der Waals surface area contributed by atoms with Crippen LogP contribution in [0.25, 0.3) is 0 Å². The average molecular weight is 1020 g/mol. The zero-order valence-electron chi connectivity index (χ0n) is 46.3. The first-order chi connectivity index (χ1) is 35.2.